The third-order valence-corrected chi connectivity index (χ3v) is 4.91. The second kappa shape index (κ2) is 6.49. The van der Waals surface area contributed by atoms with Crippen LogP contribution in [0.3, 0.4) is 0 Å². The molecule has 0 unspecified atom stereocenters. The molecule has 0 saturated carbocycles. The van der Waals surface area contributed by atoms with E-state index < -0.39 is 0 Å². The fourth-order valence-corrected chi connectivity index (χ4v) is 3.26. The molecule has 3 rings (SSSR count). The fraction of sp³-hybridized carbons (Fsp3) is 0.421. The van der Waals surface area contributed by atoms with Crippen LogP contribution in [0.15, 0.2) is 36.4 Å². The van der Waals surface area contributed by atoms with Crippen LogP contribution >= 0.6 is 0 Å². The molecular formula is C19H25N3O. The normalized spacial score (nSPS) is 15.6. The van der Waals surface area contributed by atoms with Gasteiger partial charge in [0.1, 0.15) is 0 Å². The number of rotatable bonds is 2. The minimum Gasteiger partial charge on any atom is -0.370 e. The molecule has 1 fully saturated rings. The molecule has 1 aromatic carbocycles. The molecule has 0 spiro atoms. The molecule has 4 nitrogen and oxygen atoms in total. The summed E-state index contributed by atoms with van der Waals surface area (Å²) in [6.45, 7) is 7.57. The number of aromatic nitrogens is 1. The number of benzene rings is 1. The van der Waals surface area contributed by atoms with Crippen LogP contribution in [-0.4, -0.2) is 41.6 Å². The summed E-state index contributed by atoms with van der Waals surface area (Å²) in [7, 11) is 2.01. The highest BCUT2D eigenvalue weighted by Crippen LogP contribution is 2.19. The molecule has 1 aliphatic heterocycles. The van der Waals surface area contributed by atoms with Gasteiger partial charge in [-0.3, -0.25) is 4.79 Å². The average Bonchev–Trinajstić information content (AvgIpc) is 2.78. The number of para-hydroxylation sites is 1. The number of nitrogens with zero attached hydrogens (tertiary/aromatic N) is 3. The van der Waals surface area contributed by atoms with Crippen LogP contribution < -0.4 is 4.90 Å². The number of anilines is 1. The maximum absolute atomic E-state index is 12.9. The predicted octanol–water partition coefficient (Wildman–Crippen LogP) is 2.99. The first-order chi connectivity index (χ1) is 11.1. The Bertz CT molecular complexity index is 690. The second-order valence-corrected chi connectivity index (χ2v) is 6.31. The summed E-state index contributed by atoms with van der Waals surface area (Å²) in [6, 6.07) is 12.5. The monoisotopic (exact) mass is 311 g/mol. The molecule has 0 N–H and O–H groups in total. The maximum Gasteiger partial charge on any atom is 0.255 e. The Hall–Kier alpha value is -2.23. The molecule has 1 aliphatic rings. The first-order valence-corrected chi connectivity index (χ1v) is 8.30. The Balaban J connectivity index is 1.73. The van der Waals surface area contributed by atoms with Gasteiger partial charge in [0.2, 0.25) is 0 Å². The van der Waals surface area contributed by atoms with E-state index in [4.69, 9.17) is 0 Å². The zero-order chi connectivity index (χ0) is 16.4. The van der Waals surface area contributed by atoms with Gasteiger partial charge in [0.05, 0.1) is 5.56 Å². The van der Waals surface area contributed by atoms with Crippen LogP contribution in [0.25, 0.3) is 0 Å². The number of aryl methyl sites for hydroxylation is 1. The Labute approximate surface area is 138 Å². The van der Waals surface area contributed by atoms with Crippen molar-refractivity contribution in [2.24, 2.45) is 7.05 Å². The van der Waals surface area contributed by atoms with Gasteiger partial charge >= 0.3 is 0 Å². The Kier molecular flexibility index (Phi) is 4.42. The molecule has 2 aromatic rings. The summed E-state index contributed by atoms with van der Waals surface area (Å²) in [5, 5.41) is 0. The van der Waals surface area contributed by atoms with E-state index in [0.29, 0.717) is 0 Å². The Morgan fingerprint density at radius 2 is 1.74 bits per heavy atom. The summed E-state index contributed by atoms with van der Waals surface area (Å²) in [5.41, 5.74) is 4.27. The third kappa shape index (κ3) is 3.11. The van der Waals surface area contributed by atoms with Gasteiger partial charge in [-0.15, -0.1) is 0 Å². The summed E-state index contributed by atoms with van der Waals surface area (Å²) < 4.78 is 2.08. The molecule has 23 heavy (non-hydrogen) atoms. The molecule has 0 bridgehead atoms. The van der Waals surface area contributed by atoms with Crippen LogP contribution in [0.1, 0.15) is 28.2 Å². The van der Waals surface area contributed by atoms with Crippen molar-refractivity contribution in [1.29, 1.82) is 0 Å². The predicted molar refractivity (Wildman–Crippen MR) is 94.1 cm³/mol. The van der Waals surface area contributed by atoms with Crippen molar-refractivity contribution in [2.45, 2.75) is 20.3 Å². The van der Waals surface area contributed by atoms with E-state index >= 15 is 0 Å². The van der Waals surface area contributed by atoms with Crippen molar-refractivity contribution >= 4 is 11.6 Å². The topological polar surface area (TPSA) is 28.5 Å². The zero-order valence-corrected chi connectivity index (χ0v) is 14.2. The smallest absolute Gasteiger partial charge is 0.255 e. The Morgan fingerprint density at radius 3 is 2.39 bits per heavy atom. The summed E-state index contributed by atoms with van der Waals surface area (Å²) in [4.78, 5) is 17.3. The highest BCUT2D eigenvalue weighted by Gasteiger charge is 2.23. The van der Waals surface area contributed by atoms with E-state index in [0.717, 1.165) is 49.6 Å². The van der Waals surface area contributed by atoms with E-state index in [1.54, 1.807) is 0 Å². The van der Waals surface area contributed by atoms with Crippen molar-refractivity contribution < 1.29 is 4.79 Å². The maximum atomic E-state index is 12.9. The SMILES string of the molecule is Cc1cc(C(=O)N2CCCN(c3ccccc3)CC2)c(C)n1C. The van der Waals surface area contributed by atoms with Crippen LogP contribution in [0.2, 0.25) is 0 Å². The van der Waals surface area contributed by atoms with Gasteiger partial charge in [-0.2, -0.15) is 0 Å². The molecule has 2 heterocycles. The number of hydrogen-bond donors (Lipinski definition) is 0. The molecular weight excluding hydrogens is 286 g/mol. The second-order valence-electron chi connectivity index (χ2n) is 6.31. The van der Waals surface area contributed by atoms with E-state index in [1.165, 1.54) is 5.69 Å². The van der Waals surface area contributed by atoms with Gasteiger partial charge in [-0.05, 0) is 38.5 Å². The van der Waals surface area contributed by atoms with E-state index in [1.807, 2.05) is 37.9 Å². The van der Waals surface area contributed by atoms with Gasteiger partial charge < -0.3 is 14.4 Å². The van der Waals surface area contributed by atoms with E-state index in [-0.39, 0.29) is 5.91 Å². The van der Waals surface area contributed by atoms with Crippen LogP contribution in [0.5, 0.6) is 0 Å². The molecule has 0 aliphatic carbocycles. The first-order valence-electron chi connectivity index (χ1n) is 8.30. The van der Waals surface area contributed by atoms with Gasteiger partial charge in [0.15, 0.2) is 0 Å². The quantitative estimate of drug-likeness (QED) is 0.853. The molecule has 122 valence electrons. The summed E-state index contributed by atoms with van der Waals surface area (Å²) in [5.74, 6) is 0.168. The molecule has 4 heteroatoms. The largest absolute Gasteiger partial charge is 0.370 e. The molecule has 1 saturated heterocycles. The van der Waals surface area contributed by atoms with E-state index in [9.17, 15) is 4.79 Å². The lowest BCUT2D eigenvalue weighted by Crippen LogP contribution is -2.35. The van der Waals surface area contributed by atoms with E-state index in [2.05, 4.69) is 33.7 Å². The van der Waals surface area contributed by atoms with Crippen molar-refractivity contribution in [2.75, 3.05) is 31.1 Å². The minimum absolute atomic E-state index is 0.168. The molecule has 0 atom stereocenters. The number of amides is 1. The van der Waals surface area contributed by atoms with Crippen molar-refractivity contribution in [3.63, 3.8) is 0 Å². The van der Waals surface area contributed by atoms with Gasteiger partial charge in [0, 0.05) is 50.3 Å². The lowest BCUT2D eigenvalue weighted by atomic mass is 10.2. The highest BCUT2D eigenvalue weighted by molar-refractivity contribution is 5.95. The van der Waals surface area contributed by atoms with Crippen LogP contribution in [-0.2, 0) is 7.05 Å². The highest BCUT2D eigenvalue weighted by atomic mass is 16.2. The summed E-state index contributed by atoms with van der Waals surface area (Å²) in [6.07, 6.45) is 1.01. The average molecular weight is 311 g/mol. The molecule has 1 amide bonds. The number of carbonyl (C=O) groups excluding carboxylic acids is 1. The Morgan fingerprint density at radius 1 is 1.00 bits per heavy atom. The minimum atomic E-state index is 0.168. The summed E-state index contributed by atoms with van der Waals surface area (Å²) >= 11 is 0. The zero-order valence-electron chi connectivity index (χ0n) is 14.2. The van der Waals surface area contributed by atoms with Crippen LogP contribution in [0.4, 0.5) is 5.69 Å². The first kappa shape index (κ1) is 15.7. The number of carbonyl (C=O) groups is 1. The third-order valence-electron chi connectivity index (χ3n) is 4.91. The number of hydrogen-bond acceptors (Lipinski definition) is 2. The lowest BCUT2D eigenvalue weighted by molar-refractivity contribution is 0.0766. The standard InChI is InChI=1S/C19H25N3O/c1-15-14-18(16(2)20(15)3)19(23)22-11-7-10-21(12-13-22)17-8-5-4-6-9-17/h4-6,8-9,14H,7,10-13H2,1-3H3. The molecule has 1 aromatic heterocycles. The van der Waals surface area contributed by atoms with Gasteiger partial charge in [-0.1, -0.05) is 18.2 Å². The van der Waals surface area contributed by atoms with Gasteiger partial charge in [0.25, 0.3) is 5.91 Å². The molecule has 0 radical (unpaired) electrons. The van der Waals surface area contributed by atoms with Gasteiger partial charge in [-0.25, -0.2) is 0 Å². The van der Waals surface area contributed by atoms with Crippen LogP contribution in [0, 0.1) is 13.8 Å². The van der Waals surface area contributed by atoms with Crippen molar-refractivity contribution in [1.82, 2.24) is 9.47 Å². The lowest BCUT2D eigenvalue weighted by Gasteiger charge is -2.23. The van der Waals surface area contributed by atoms with Crippen molar-refractivity contribution in [3.8, 4) is 0 Å². The van der Waals surface area contributed by atoms with Crippen molar-refractivity contribution in [3.05, 3.63) is 53.3 Å². The fourth-order valence-electron chi connectivity index (χ4n) is 3.26.